The number of nitrogen functional groups attached to an aromatic ring is 1. The number of rotatable bonds is 13. The topological polar surface area (TPSA) is 146 Å². The van der Waals surface area contributed by atoms with Gasteiger partial charge in [0.1, 0.15) is 23.7 Å². The summed E-state index contributed by atoms with van der Waals surface area (Å²) >= 11 is 0. The molecule has 2 heterocycles. The van der Waals surface area contributed by atoms with Crippen molar-refractivity contribution in [1.29, 1.82) is 0 Å². The molecule has 0 fully saturated rings. The van der Waals surface area contributed by atoms with E-state index in [0.717, 1.165) is 11.1 Å². The van der Waals surface area contributed by atoms with Gasteiger partial charge in [0.05, 0.1) is 25.6 Å². The molecule has 1 aromatic carbocycles. The molecule has 3 rings (SSSR count). The van der Waals surface area contributed by atoms with Gasteiger partial charge in [-0.1, -0.05) is 36.8 Å². The molecule has 0 saturated carbocycles. The van der Waals surface area contributed by atoms with Crippen LogP contribution < -0.4 is 15.9 Å². The first-order valence-electron chi connectivity index (χ1n) is 12.4. The van der Waals surface area contributed by atoms with Crippen molar-refractivity contribution in [2.75, 3.05) is 18.7 Å². The highest BCUT2D eigenvalue weighted by molar-refractivity contribution is 7.59. The summed E-state index contributed by atoms with van der Waals surface area (Å²) in [4.78, 5) is 25.2. The largest absolute Gasteiger partial charge is 0.464 e. The maximum absolute atomic E-state index is 14.2. The van der Waals surface area contributed by atoms with Crippen molar-refractivity contribution in [1.82, 2.24) is 29.7 Å². The van der Waals surface area contributed by atoms with Crippen molar-refractivity contribution in [3.63, 3.8) is 0 Å². The molecule has 37 heavy (non-hydrogen) atoms. The number of fused-ring (bicyclic) bond motifs is 1. The summed E-state index contributed by atoms with van der Waals surface area (Å²) in [7, 11) is -3.45. The molecule has 12 heteroatoms. The molecule has 11 nitrogen and oxygen atoms in total. The van der Waals surface area contributed by atoms with Gasteiger partial charge in [-0.15, -0.1) is 0 Å². The number of carbonyl (C=O) groups is 1. The molecular formula is C25H38N7O4P. The Balaban J connectivity index is 1.76. The van der Waals surface area contributed by atoms with E-state index in [1.807, 2.05) is 56.5 Å². The van der Waals surface area contributed by atoms with Crippen LogP contribution in [0, 0.1) is 6.92 Å². The molecule has 202 valence electrons. The minimum absolute atomic E-state index is 0.154. The number of imidazole rings is 1. The average Bonchev–Trinajstić information content (AvgIpc) is 3.25. The number of anilines is 1. The molecule has 2 aromatic heterocycles. The third-order valence-electron chi connectivity index (χ3n) is 5.81. The van der Waals surface area contributed by atoms with E-state index in [-0.39, 0.29) is 18.5 Å². The number of aryl methyl sites for hydroxylation is 1. The molecule has 3 atom stereocenters. The number of carbonyl (C=O) groups excluding carboxylic acids is 1. The van der Waals surface area contributed by atoms with Crippen LogP contribution in [0.5, 0.6) is 0 Å². The van der Waals surface area contributed by atoms with E-state index in [1.54, 1.807) is 20.2 Å². The smallest absolute Gasteiger partial charge is 0.326 e. The standard InChI is InChI=1S/C25H38N7O4P/c1-7-12-35-24(33)25(5,6)31-37(34,30-19(4)20-10-8-17(2)9-11-20)16-36-18(3)13-32-15-29-21-22(26)27-14-28-23(21)32/h8-11,14-15,18-19H,7,12-13,16H2,1-6H3,(H2,26,27,28)(H2,30,31,34)/t18-,19-,37?/m1/s1. The van der Waals surface area contributed by atoms with Crippen molar-refractivity contribution in [3.05, 3.63) is 48.0 Å². The van der Waals surface area contributed by atoms with Crippen LogP contribution in [0.1, 0.15) is 58.2 Å². The van der Waals surface area contributed by atoms with Gasteiger partial charge in [0.15, 0.2) is 11.5 Å². The van der Waals surface area contributed by atoms with E-state index in [2.05, 4.69) is 25.1 Å². The molecule has 0 spiro atoms. The Morgan fingerprint density at radius 2 is 1.89 bits per heavy atom. The highest BCUT2D eigenvalue weighted by Crippen LogP contribution is 2.42. The van der Waals surface area contributed by atoms with Crippen molar-refractivity contribution in [3.8, 4) is 0 Å². The second kappa shape index (κ2) is 12.1. The molecule has 0 amide bonds. The van der Waals surface area contributed by atoms with Crippen molar-refractivity contribution >= 4 is 30.4 Å². The third kappa shape index (κ3) is 7.58. The fourth-order valence-corrected chi connectivity index (χ4v) is 6.25. The van der Waals surface area contributed by atoms with Crippen LogP contribution >= 0.6 is 7.44 Å². The van der Waals surface area contributed by atoms with Crippen LogP contribution in [0.4, 0.5) is 5.82 Å². The van der Waals surface area contributed by atoms with Gasteiger partial charge >= 0.3 is 5.97 Å². The van der Waals surface area contributed by atoms with E-state index in [9.17, 15) is 9.36 Å². The summed E-state index contributed by atoms with van der Waals surface area (Å²) in [6.45, 7) is 11.7. The minimum atomic E-state index is -3.45. The Kier molecular flexibility index (Phi) is 9.41. The van der Waals surface area contributed by atoms with Crippen LogP contribution in [-0.2, 0) is 25.4 Å². The lowest BCUT2D eigenvalue weighted by molar-refractivity contribution is -0.149. The van der Waals surface area contributed by atoms with Gasteiger partial charge in [-0.05, 0) is 46.6 Å². The zero-order chi connectivity index (χ0) is 27.2. The number of aromatic nitrogens is 4. The Morgan fingerprint density at radius 1 is 1.19 bits per heavy atom. The average molecular weight is 532 g/mol. The Bertz CT molecular complexity index is 1250. The van der Waals surface area contributed by atoms with Crippen LogP contribution in [0.2, 0.25) is 0 Å². The molecule has 4 N–H and O–H groups in total. The van der Waals surface area contributed by atoms with Crippen LogP contribution in [0.15, 0.2) is 36.9 Å². The molecule has 0 saturated heterocycles. The minimum Gasteiger partial charge on any atom is -0.464 e. The van der Waals surface area contributed by atoms with Crippen LogP contribution in [0.3, 0.4) is 0 Å². The molecule has 0 aliphatic carbocycles. The molecule has 0 bridgehead atoms. The summed E-state index contributed by atoms with van der Waals surface area (Å²) < 4.78 is 27.4. The number of ether oxygens (including phenoxy) is 2. The number of esters is 1. The highest BCUT2D eigenvalue weighted by Gasteiger charge is 2.38. The second-order valence-electron chi connectivity index (χ2n) is 9.81. The lowest BCUT2D eigenvalue weighted by Gasteiger charge is -2.33. The molecular weight excluding hydrogens is 493 g/mol. The zero-order valence-corrected chi connectivity index (χ0v) is 23.3. The summed E-state index contributed by atoms with van der Waals surface area (Å²) in [5.41, 5.74) is 7.89. The first-order valence-corrected chi connectivity index (χ1v) is 14.3. The quantitative estimate of drug-likeness (QED) is 0.219. The molecule has 0 radical (unpaired) electrons. The first kappa shape index (κ1) is 28.7. The number of hydrogen-bond donors (Lipinski definition) is 3. The Hall–Kier alpha value is -2.85. The van der Waals surface area contributed by atoms with Gasteiger partial charge in [0, 0.05) is 6.04 Å². The zero-order valence-electron chi connectivity index (χ0n) is 22.4. The van der Waals surface area contributed by atoms with Crippen molar-refractivity contribution < 1.29 is 18.8 Å². The van der Waals surface area contributed by atoms with Crippen LogP contribution in [-0.4, -0.2) is 50.1 Å². The van der Waals surface area contributed by atoms with Gasteiger partial charge in [-0.25, -0.2) is 25.1 Å². The fourth-order valence-electron chi connectivity index (χ4n) is 3.81. The predicted molar refractivity (Wildman–Crippen MR) is 144 cm³/mol. The Morgan fingerprint density at radius 3 is 2.57 bits per heavy atom. The second-order valence-corrected chi connectivity index (χ2v) is 12.0. The fraction of sp³-hybridized carbons (Fsp3) is 0.520. The monoisotopic (exact) mass is 531 g/mol. The van der Waals surface area contributed by atoms with E-state index < -0.39 is 19.0 Å². The summed E-state index contributed by atoms with van der Waals surface area (Å²) in [5, 5.41) is 6.23. The normalized spacial score (nSPS) is 15.3. The SMILES string of the molecule is CCCOC(=O)C(C)(C)NP(=O)(CO[C@H](C)Cn1cnc2c(N)ncnc21)N[C@H](C)c1ccc(C)cc1. The number of nitrogens with one attached hydrogen (secondary N) is 2. The maximum atomic E-state index is 14.2. The van der Waals surface area contributed by atoms with Gasteiger partial charge in [-0.3, -0.25) is 9.36 Å². The third-order valence-corrected chi connectivity index (χ3v) is 8.05. The molecule has 0 aliphatic rings. The lowest BCUT2D eigenvalue weighted by Crippen LogP contribution is -2.49. The van der Waals surface area contributed by atoms with E-state index in [4.69, 9.17) is 15.2 Å². The number of benzene rings is 1. The highest BCUT2D eigenvalue weighted by atomic mass is 31.2. The predicted octanol–water partition coefficient (Wildman–Crippen LogP) is 3.94. The molecule has 1 unspecified atom stereocenters. The van der Waals surface area contributed by atoms with E-state index in [1.165, 1.54) is 6.33 Å². The summed E-state index contributed by atoms with van der Waals surface area (Å²) in [6, 6.07) is 7.71. The van der Waals surface area contributed by atoms with Crippen molar-refractivity contribution in [2.45, 2.75) is 72.2 Å². The van der Waals surface area contributed by atoms with Gasteiger partial charge in [0.2, 0.25) is 7.44 Å². The molecule has 3 aromatic rings. The van der Waals surface area contributed by atoms with E-state index >= 15 is 0 Å². The number of nitrogens with two attached hydrogens (primary N) is 1. The maximum Gasteiger partial charge on any atom is 0.326 e. The van der Waals surface area contributed by atoms with Gasteiger partial charge < -0.3 is 19.8 Å². The first-order chi connectivity index (χ1) is 17.4. The Labute approximate surface area is 218 Å². The summed E-state index contributed by atoms with van der Waals surface area (Å²) in [6.07, 6.45) is 3.20. The molecule has 0 aliphatic heterocycles. The van der Waals surface area contributed by atoms with Crippen LogP contribution in [0.25, 0.3) is 11.2 Å². The lowest BCUT2D eigenvalue weighted by atomic mass is 10.1. The van der Waals surface area contributed by atoms with Gasteiger partial charge in [0.25, 0.3) is 0 Å². The van der Waals surface area contributed by atoms with Gasteiger partial charge in [-0.2, -0.15) is 0 Å². The number of hydrogen-bond acceptors (Lipinski definition) is 8. The summed E-state index contributed by atoms with van der Waals surface area (Å²) in [5.74, 6) is -0.174. The number of nitrogens with zero attached hydrogens (tertiary/aromatic N) is 4. The van der Waals surface area contributed by atoms with Crippen molar-refractivity contribution in [2.24, 2.45) is 0 Å². The van der Waals surface area contributed by atoms with E-state index in [0.29, 0.717) is 36.6 Å².